The first kappa shape index (κ1) is 15.4. The minimum Gasteiger partial charge on any atom is -0.493 e. The maximum absolute atomic E-state index is 5.78. The van der Waals surface area contributed by atoms with Gasteiger partial charge in [-0.05, 0) is 23.8 Å². The van der Waals surface area contributed by atoms with Gasteiger partial charge >= 0.3 is 0 Å². The Bertz CT molecular complexity index is 538. The minimum atomic E-state index is 0.459. The first-order valence-corrected chi connectivity index (χ1v) is 7.19. The quantitative estimate of drug-likeness (QED) is 0.811. The number of benzene rings is 1. The molecule has 0 unspecified atom stereocenters. The molecule has 0 amide bonds. The van der Waals surface area contributed by atoms with Crippen molar-refractivity contribution in [3.05, 3.63) is 42.2 Å². The minimum absolute atomic E-state index is 0.459. The highest BCUT2D eigenvalue weighted by Crippen LogP contribution is 2.28. The monoisotopic (exact) mass is 289 g/mol. The highest BCUT2D eigenvalue weighted by atomic mass is 16.5. The van der Waals surface area contributed by atoms with Crippen molar-refractivity contribution in [1.29, 1.82) is 0 Å². The maximum atomic E-state index is 5.78. The van der Waals surface area contributed by atoms with Gasteiger partial charge in [0.1, 0.15) is 6.61 Å². The van der Waals surface area contributed by atoms with Gasteiger partial charge in [-0.2, -0.15) is 5.10 Å². The molecule has 0 aliphatic heterocycles. The van der Waals surface area contributed by atoms with Gasteiger partial charge in [0, 0.05) is 25.0 Å². The van der Waals surface area contributed by atoms with Crippen LogP contribution < -0.4 is 14.8 Å². The van der Waals surface area contributed by atoms with Crippen molar-refractivity contribution in [1.82, 2.24) is 15.1 Å². The lowest BCUT2D eigenvalue weighted by Crippen LogP contribution is -2.21. The Morgan fingerprint density at radius 2 is 2.14 bits per heavy atom. The molecule has 0 radical (unpaired) electrons. The molecule has 1 N–H and O–H groups in total. The summed E-state index contributed by atoms with van der Waals surface area (Å²) in [6, 6.07) is 8.39. The van der Waals surface area contributed by atoms with Crippen LogP contribution in [-0.2, 0) is 13.1 Å². The van der Waals surface area contributed by atoms with E-state index in [2.05, 4.69) is 30.3 Å². The van der Waals surface area contributed by atoms with E-state index in [0.29, 0.717) is 19.2 Å². The van der Waals surface area contributed by atoms with Crippen molar-refractivity contribution in [2.45, 2.75) is 33.0 Å². The topological polar surface area (TPSA) is 48.3 Å². The molecular formula is C16H23N3O2. The van der Waals surface area contributed by atoms with Gasteiger partial charge in [0.25, 0.3) is 0 Å². The molecule has 1 aromatic carbocycles. The lowest BCUT2D eigenvalue weighted by molar-refractivity contribution is 0.274. The standard InChI is InChI=1S/C16H23N3O2/c1-13(2)17-12-14-5-6-15(16(11-14)20-3)21-10-9-19-8-4-7-18-19/h4-8,11,13,17H,9-10,12H2,1-3H3. The van der Waals surface area contributed by atoms with Gasteiger partial charge in [-0.1, -0.05) is 19.9 Å². The molecule has 0 bridgehead atoms. The van der Waals surface area contributed by atoms with Crippen molar-refractivity contribution in [2.24, 2.45) is 0 Å². The Balaban J connectivity index is 1.92. The van der Waals surface area contributed by atoms with E-state index in [0.717, 1.165) is 18.0 Å². The zero-order valence-corrected chi connectivity index (χ0v) is 12.9. The van der Waals surface area contributed by atoms with Crippen LogP contribution in [0, 0.1) is 0 Å². The van der Waals surface area contributed by atoms with Crippen LogP contribution in [0.25, 0.3) is 0 Å². The summed E-state index contributed by atoms with van der Waals surface area (Å²) < 4.78 is 13.0. The second-order valence-corrected chi connectivity index (χ2v) is 5.14. The molecule has 2 rings (SSSR count). The summed E-state index contributed by atoms with van der Waals surface area (Å²) in [4.78, 5) is 0. The highest BCUT2D eigenvalue weighted by molar-refractivity contribution is 5.42. The summed E-state index contributed by atoms with van der Waals surface area (Å²) in [5, 5.41) is 7.53. The van der Waals surface area contributed by atoms with E-state index < -0.39 is 0 Å². The second-order valence-electron chi connectivity index (χ2n) is 5.14. The number of nitrogens with zero attached hydrogens (tertiary/aromatic N) is 2. The molecule has 1 heterocycles. The van der Waals surface area contributed by atoms with Crippen LogP contribution in [0.4, 0.5) is 0 Å². The molecule has 5 nitrogen and oxygen atoms in total. The summed E-state index contributed by atoms with van der Waals surface area (Å²) in [5.74, 6) is 1.52. The SMILES string of the molecule is COc1cc(CNC(C)C)ccc1OCCn1cccn1. The molecule has 1 aromatic heterocycles. The van der Waals surface area contributed by atoms with E-state index in [9.17, 15) is 0 Å². The largest absolute Gasteiger partial charge is 0.493 e. The molecule has 0 aliphatic rings. The maximum Gasteiger partial charge on any atom is 0.161 e. The zero-order chi connectivity index (χ0) is 15.1. The third-order valence-electron chi connectivity index (χ3n) is 3.08. The van der Waals surface area contributed by atoms with Crippen LogP contribution in [0.3, 0.4) is 0 Å². The smallest absolute Gasteiger partial charge is 0.161 e. The lowest BCUT2D eigenvalue weighted by Gasteiger charge is -2.13. The predicted octanol–water partition coefficient (Wildman–Crippen LogP) is 2.47. The fourth-order valence-electron chi connectivity index (χ4n) is 1.95. The number of hydrogen-bond acceptors (Lipinski definition) is 4. The van der Waals surface area contributed by atoms with Crippen LogP contribution >= 0.6 is 0 Å². The van der Waals surface area contributed by atoms with E-state index in [1.807, 2.05) is 29.1 Å². The lowest BCUT2D eigenvalue weighted by atomic mass is 10.2. The van der Waals surface area contributed by atoms with Crippen molar-refractivity contribution < 1.29 is 9.47 Å². The highest BCUT2D eigenvalue weighted by Gasteiger charge is 2.06. The average Bonchev–Trinajstić information content (AvgIpc) is 2.99. The molecule has 0 fully saturated rings. The van der Waals surface area contributed by atoms with Gasteiger partial charge < -0.3 is 14.8 Å². The number of ether oxygens (including phenoxy) is 2. The summed E-state index contributed by atoms with van der Waals surface area (Å²) in [6.07, 6.45) is 3.68. The van der Waals surface area contributed by atoms with Gasteiger partial charge in [0.05, 0.1) is 13.7 Å². The van der Waals surface area contributed by atoms with Gasteiger partial charge in [-0.3, -0.25) is 4.68 Å². The number of nitrogens with one attached hydrogen (secondary N) is 1. The second kappa shape index (κ2) is 7.69. The fourth-order valence-corrected chi connectivity index (χ4v) is 1.95. The average molecular weight is 289 g/mol. The summed E-state index contributed by atoms with van der Waals surface area (Å²) in [5.41, 5.74) is 1.18. The van der Waals surface area contributed by atoms with E-state index in [1.165, 1.54) is 5.56 Å². The summed E-state index contributed by atoms with van der Waals surface area (Å²) in [7, 11) is 1.66. The first-order valence-electron chi connectivity index (χ1n) is 7.19. The number of hydrogen-bond donors (Lipinski definition) is 1. The van der Waals surface area contributed by atoms with E-state index in [-0.39, 0.29) is 0 Å². The predicted molar refractivity (Wildman–Crippen MR) is 82.7 cm³/mol. The molecule has 0 spiro atoms. The van der Waals surface area contributed by atoms with E-state index in [4.69, 9.17) is 9.47 Å². The molecule has 114 valence electrons. The summed E-state index contributed by atoms with van der Waals surface area (Å²) >= 11 is 0. The van der Waals surface area contributed by atoms with Gasteiger partial charge in [-0.15, -0.1) is 0 Å². The van der Waals surface area contributed by atoms with Crippen molar-refractivity contribution in [2.75, 3.05) is 13.7 Å². The van der Waals surface area contributed by atoms with Crippen LogP contribution in [0.5, 0.6) is 11.5 Å². The van der Waals surface area contributed by atoms with Crippen LogP contribution in [-0.4, -0.2) is 29.5 Å². The zero-order valence-electron chi connectivity index (χ0n) is 12.9. The Morgan fingerprint density at radius 1 is 1.29 bits per heavy atom. The molecule has 2 aromatic rings. The third kappa shape index (κ3) is 4.79. The molecule has 21 heavy (non-hydrogen) atoms. The molecule has 0 saturated heterocycles. The molecule has 0 aliphatic carbocycles. The van der Waals surface area contributed by atoms with Crippen LogP contribution in [0.1, 0.15) is 19.4 Å². The Kier molecular flexibility index (Phi) is 5.63. The molecule has 0 saturated carbocycles. The van der Waals surface area contributed by atoms with Crippen LogP contribution in [0.2, 0.25) is 0 Å². The van der Waals surface area contributed by atoms with E-state index in [1.54, 1.807) is 13.3 Å². The van der Waals surface area contributed by atoms with Crippen molar-refractivity contribution in [3.63, 3.8) is 0 Å². The molecular weight excluding hydrogens is 266 g/mol. The molecule has 0 atom stereocenters. The Labute approximate surface area is 125 Å². The normalized spacial score (nSPS) is 10.9. The number of methoxy groups -OCH3 is 1. The molecule has 5 heteroatoms. The Morgan fingerprint density at radius 3 is 2.81 bits per heavy atom. The Hall–Kier alpha value is -2.01. The van der Waals surface area contributed by atoms with Crippen molar-refractivity contribution >= 4 is 0 Å². The number of rotatable bonds is 8. The van der Waals surface area contributed by atoms with Crippen LogP contribution in [0.15, 0.2) is 36.7 Å². The third-order valence-corrected chi connectivity index (χ3v) is 3.08. The van der Waals surface area contributed by atoms with Gasteiger partial charge in [0.15, 0.2) is 11.5 Å². The van der Waals surface area contributed by atoms with Gasteiger partial charge in [0.2, 0.25) is 0 Å². The van der Waals surface area contributed by atoms with Gasteiger partial charge in [-0.25, -0.2) is 0 Å². The fraction of sp³-hybridized carbons (Fsp3) is 0.438. The number of aromatic nitrogens is 2. The van der Waals surface area contributed by atoms with E-state index >= 15 is 0 Å². The summed E-state index contributed by atoms with van der Waals surface area (Å²) in [6.45, 7) is 6.35. The first-order chi connectivity index (χ1) is 10.2. The van der Waals surface area contributed by atoms with Crippen molar-refractivity contribution in [3.8, 4) is 11.5 Å².